The second kappa shape index (κ2) is 4.82. The smallest absolute Gasteiger partial charge is 0.141 e. The van der Waals surface area contributed by atoms with Crippen molar-refractivity contribution < 1.29 is 8.78 Å². The van der Waals surface area contributed by atoms with Crippen molar-refractivity contribution in [1.29, 1.82) is 0 Å². The Hall–Kier alpha value is -0.810. The number of anilines is 1. The molecule has 2 rings (SSSR count). The van der Waals surface area contributed by atoms with E-state index in [0.29, 0.717) is 11.6 Å². The first-order chi connectivity index (χ1) is 7.97. The topological polar surface area (TPSA) is 6.48 Å². The summed E-state index contributed by atoms with van der Waals surface area (Å²) in [4.78, 5) is 3.89. The predicted molar refractivity (Wildman–Crippen MR) is 67.9 cm³/mol. The molecule has 0 N–H and O–H groups in total. The second-order valence-corrected chi connectivity index (χ2v) is 5.17. The van der Waals surface area contributed by atoms with Crippen LogP contribution in [0.3, 0.4) is 0 Å². The molecule has 17 heavy (non-hydrogen) atoms. The lowest BCUT2D eigenvalue weighted by atomic mass is 10.0. The lowest BCUT2D eigenvalue weighted by Gasteiger charge is -2.39. The molecule has 0 amide bonds. The van der Waals surface area contributed by atoms with E-state index in [-0.39, 0.29) is 4.90 Å². The van der Waals surface area contributed by atoms with Crippen molar-refractivity contribution in [3.8, 4) is 0 Å². The summed E-state index contributed by atoms with van der Waals surface area (Å²) in [6.07, 6.45) is 0. The van der Waals surface area contributed by atoms with E-state index in [4.69, 9.17) is 0 Å². The van der Waals surface area contributed by atoms with E-state index in [1.165, 1.54) is 12.1 Å². The zero-order valence-corrected chi connectivity index (χ0v) is 10.8. The summed E-state index contributed by atoms with van der Waals surface area (Å²) in [5.41, 5.74) is 0.562. The largest absolute Gasteiger partial charge is 0.374 e. The van der Waals surface area contributed by atoms with Crippen LogP contribution in [0.15, 0.2) is 17.0 Å². The highest BCUT2D eigenvalue weighted by molar-refractivity contribution is 7.80. The average molecular weight is 258 g/mol. The van der Waals surface area contributed by atoms with Crippen LogP contribution in [-0.4, -0.2) is 38.6 Å². The van der Waals surface area contributed by atoms with Crippen LogP contribution >= 0.6 is 12.6 Å². The van der Waals surface area contributed by atoms with Gasteiger partial charge >= 0.3 is 0 Å². The molecule has 2 nitrogen and oxygen atoms in total. The van der Waals surface area contributed by atoms with Gasteiger partial charge < -0.3 is 9.80 Å². The van der Waals surface area contributed by atoms with Crippen LogP contribution in [0.1, 0.15) is 0 Å². The van der Waals surface area contributed by atoms with Crippen molar-refractivity contribution >= 4 is 18.3 Å². The van der Waals surface area contributed by atoms with Crippen LogP contribution in [0, 0.1) is 17.6 Å². The van der Waals surface area contributed by atoms with Gasteiger partial charge in [0.1, 0.15) is 11.6 Å². The van der Waals surface area contributed by atoms with Gasteiger partial charge in [0.15, 0.2) is 0 Å². The third kappa shape index (κ3) is 2.72. The van der Waals surface area contributed by atoms with Crippen molar-refractivity contribution in [2.24, 2.45) is 5.92 Å². The van der Waals surface area contributed by atoms with Crippen LogP contribution in [0.5, 0.6) is 0 Å². The van der Waals surface area contributed by atoms with E-state index < -0.39 is 11.6 Å². The molecule has 5 heteroatoms. The second-order valence-electron chi connectivity index (χ2n) is 4.73. The molecule has 0 saturated carbocycles. The molecule has 1 aliphatic rings. The van der Waals surface area contributed by atoms with Gasteiger partial charge in [-0.25, -0.2) is 8.78 Å². The number of hydrogen-bond donors (Lipinski definition) is 1. The predicted octanol–water partition coefficient (Wildman–Crippen LogP) is 2.25. The highest BCUT2D eigenvalue weighted by Crippen LogP contribution is 2.25. The van der Waals surface area contributed by atoms with E-state index in [2.05, 4.69) is 24.6 Å². The lowest BCUT2D eigenvalue weighted by molar-refractivity contribution is 0.140. The molecule has 1 aromatic carbocycles. The molecule has 1 aliphatic heterocycles. The molecule has 0 radical (unpaired) electrons. The average Bonchev–Trinajstić information content (AvgIpc) is 2.23. The normalized spacial score (nSPS) is 17.0. The van der Waals surface area contributed by atoms with Gasteiger partial charge in [0.05, 0.1) is 4.90 Å². The SMILES string of the molecule is CN1CC(CN(C)c2cc(F)c(S)c(F)c2)C1. The number of hydrogen-bond acceptors (Lipinski definition) is 3. The third-order valence-corrected chi connectivity index (χ3v) is 3.54. The van der Waals surface area contributed by atoms with Gasteiger partial charge in [-0.1, -0.05) is 0 Å². The van der Waals surface area contributed by atoms with Crippen molar-refractivity contribution in [2.75, 3.05) is 38.6 Å². The van der Waals surface area contributed by atoms with E-state index in [9.17, 15) is 8.78 Å². The third-order valence-electron chi connectivity index (χ3n) is 3.11. The Kier molecular flexibility index (Phi) is 3.58. The summed E-state index contributed by atoms with van der Waals surface area (Å²) in [6, 6.07) is 2.65. The Morgan fingerprint density at radius 3 is 2.35 bits per heavy atom. The first-order valence-corrected chi connectivity index (χ1v) is 5.99. The summed E-state index contributed by atoms with van der Waals surface area (Å²) in [7, 11) is 3.91. The van der Waals surface area contributed by atoms with Crippen LogP contribution in [0.4, 0.5) is 14.5 Å². The van der Waals surface area contributed by atoms with Crippen LogP contribution in [0.2, 0.25) is 0 Å². The Balaban J connectivity index is 2.06. The van der Waals surface area contributed by atoms with E-state index in [0.717, 1.165) is 19.6 Å². The first kappa shape index (κ1) is 12.6. The summed E-state index contributed by atoms with van der Waals surface area (Å²) in [5.74, 6) is -0.645. The minimum Gasteiger partial charge on any atom is -0.374 e. The maximum atomic E-state index is 13.3. The Bertz CT molecular complexity index is 396. The molecule has 0 unspecified atom stereocenters. The molecular formula is C12H16F2N2S. The summed E-state index contributed by atoms with van der Waals surface area (Å²) in [6.45, 7) is 2.90. The number of rotatable bonds is 3. The Morgan fingerprint density at radius 1 is 1.35 bits per heavy atom. The Morgan fingerprint density at radius 2 is 1.88 bits per heavy atom. The fraction of sp³-hybridized carbons (Fsp3) is 0.500. The van der Waals surface area contributed by atoms with Crippen molar-refractivity contribution in [3.63, 3.8) is 0 Å². The van der Waals surface area contributed by atoms with E-state index in [1.807, 2.05) is 11.9 Å². The zero-order valence-electron chi connectivity index (χ0n) is 9.95. The van der Waals surface area contributed by atoms with Crippen LogP contribution in [0.25, 0.3) is 0 Å². The number of thiol groups is 1. The van der Waals surface area contributed by atoms with Crippen molar-refractivity contribution in [2.45, 2.75) is 4.90 Å². The summed E-state index contributed by atoms with van der Waals surface area (Å²) >= 11 is 3.76. The molecule has 1 saturated heterocycles. The number of likely N-dealkylation sites (tertiary alicyclic amines) is 1. The van der Waals surface area contributed by atoms with Gasteiger partial charge in [0.25, 0.3) is 0 Å². The molecule has 0 spiro atoms. The highest BCUT2D eigenvalue weighted by atomic mass is 32.1. The van der Waals surface area contributed by atoms with Gasteiger partial charge in [0.2, 0.25) is 0 Å². The minimum absolute atomic E-state index is 0.217. The maximum absolute atomic E-state index is 13.3. The molecule has 0 atom stereocenters. The van der Waals surface area contributed by atoms with Gasteiger partial charge in [-0.05, 0) is 19.2 Å². The fourth-order valence-electron chi connectivity index (χ4n) is 2.21. The number of benzene rings is 1. The summed E-state index contributed by atoms with van der Waals surface area (Å²) < 4.78 is 26.7. The molecule has 0 aliphatic carbocycles. The van der Waals surface area contributed by atoms with Crippen LogP contribution in [-0.2, 0) is 0 Å². The molecule has 94 valence electrons. The zero-order chi connectivity index (χ0) is 12.6. The lowest BCUT2D eigenvalue weighted by Crippen LogP contribution is -2.48. The molecular weight excluding hydrogens is 242 g/mol. The van der Waals surface area contributed by atoms with Crippen molar-refractivity contribution in [1.82, 2.24) is 4.90 Å². The maximum Gasteiger partial charge on any atom is 0.141 e. The fourth-order valence-corrected chi connectivity index (χ4v) is 2.34. The number of nitrogens with zero attached hydrogens (tertiary/aromatic N) is 2. The number of halogens is 2. The van der Waals surface area contributed by atoms with Crippen LogP contribution < -0.4 is 4.90 Å². The first-order valence-electron chi connectivity index (χ1n) is 5.55. The molecule has 1 fully saturated rings. The molecule has 0 bridgehead atoms. The van der Waals surface area contributed by atoms with Gasteiger partial charge in [0, 0.05) is 38.3 Å². The van der Waals surface area contributed by atoms with E-state index in [1.54, 1.807) is 0 Å². The molecule has 1 aromatic rings. The molecule has 0 aromatic heterocycles. The monoisotopic (exact) mass is 258 g/mol. The molecule has 1 heterocycles. The standard InChI is InChI=1S/C12H16F2N2S/c1-15-5-8(6-15)7-16(2)9-3-10(13)12(17)11(14)4-9/h3-4,8,17H,5-7H2,1-2H3. The van der Waals surface area contributed by atoms with Gasteiger partial charge in [-0.2, -0.15) is 0 Å². The van der Waals surface area contributed by atoms with Crippen molar-refractivity contribution in [3.05, 3.63) is 23.8 Å². The summed E-state index contributed by atoms with van der Waals surface area (Å²) in [5, 5.41) is 0. The highest BCUT2D eigenvalue weighted by Gasteiger charge is 2.24. The van der Waals surface area contributed by atoms with Gasteiger partial charge in [-0.3, -0.25) is 0 Å². The quantitative estimate of drug-likeness (QED) is 0.831. The minimum atomic E-state index is -0.610. The van der Waals surface area contributed by atoms with E-state index >= 15 is 0 Å². The Labute approximate surface area is 106 Å². The van der Waals surface area contributed by atoms with Gasteiger partial charge in [-0.15, -0.1) is 12.6 Å².